The lowest BCUT2D eigenvalue weighted by Gasteiger charge is -2.35. The van der Waals surface area contributed by atoms with E-state index in [1.807, 2.05) is 18.2 Å². The quantitative estimate of drug-likeness (QED) is 0.801. The van der Waals surface area contributed by atoms with Crippen LogP contribution in [0.5, 0.6) is 11.5 Å². The number of ether oxygens (including phenoxy) is 2. The van der Waals surface area contributed by atoms with Gasteiger partial charge < -0.3 is 14.4 Å². The van der Waals surface area contributed by atoms with Gasteiger partial charge in [-0.05, 0) is 30.3 Å². The zero-order valence-corrected chi connectivity index (χ0v) is 15.7. The Labute approximate surface area is 157 Å². The van der Waals surface area contributed by atoms with Crippen molar-refractivity contribution in [2.45, 2.75) is 4.90 Å². The van der Waals surface area contributed by atoms with E-state index in [1.165, 1.54) is 10.4 Å². The molecule has 0 N–H and O–H groups in total. The minimum absolute atomic E-state index is 0.234. The smallest absolute Gasteiger partial charge is 0.243 e. The predicted molar refractivity (Wildman–Crippen MR) is 99.9 cm³/mol. The Morgan fingerprint density at radius 3 is 2.35 bits per heavy atom. The van der Waals surface area contributed by atoms with E-state index >= 15 is 0 Å². The third-order valence-corrected chi connectivity index (χ3v) is 6.69. The van der Waals surface area contributed by atoms with Gasteiger partial charge in [0.1, 0.15) is 13.2 Å². The van der Waals surface area contributed by atoms with Crippen molar-refractivity contribution in [3.8, 4) is 11.5 Å². The Morgan fingerprint density at radius 2 is 1.62 bits per heavy atom. The van der Waals surface area contributed by atoms with Crippen LogP contribution in [0.3, 0.4) is 0 Å². The average molecular weight is 395 g/mol. The van der Waals surface area contributed by atoms with Gasteiger partial charge in [0.25, 0.3) is 0 Å². The van der Waals surface area contributed by atoms with Crippen LogP contribution in [0.1, 0.15) is 0 Å². The lowest BCUT2D eigenvalue weighted by Crippen LogP contribution is -2.48. The van der Waals surface area contributed by atoms with Gasteiger partial charge in [0.2, 0.25) is 10.0 Å². The average Bonchev–Trinajstić information content (AvgIpc) is 2.68. The summed E-state index contributed by atoms with van der Waals surface area (Å²) in [5, 5.41) is 0.418. The van der Waals surface area contributed by atoms with Crippen molar-refractivity contribution in [2.24, 2.45) is 0 Å². The van der Waals surface area contributed by atoms with Gasteiger partial charge in [0, 0.05) is 43.0 Å². The highest BCUT2D eigenvalue weighted by molar-refractivity contribution is 7.89. The molecule has 1 saturated heterocycles. The molecule has 0 aromatic heterocycles. The maximum absolute atomic E-state index is 12.8. The Balaban J connectivity index is 1.47. The highest BCUT2D eigenvalue weighted by Crippen LogP contribution is 2.34. The highest BCUT2D eigenvalue weighted by Gasteiger charge is 2.29. The summed E-state index contributed by atoms with van der Waals surface area (Å²) < 4.78 is 38.3. The van der Waals surface area contributed by atoms with Gasteiger partial charge in [-0.1, -0.05) is 17.7 Å². The monoisotopic (exact) mass is 394 g/mol. The topological polar surface area (TPSA) is 59.1 Å². The summed E-state index contributed by atoms with van der Waals surface area (Å²) in [4.78, 5) is 2.39. The number of benzene rings is 2. The Hall–Kier alpha value is -1.96. The number of anilines is 1. The molecule has 4 rings (SSSR count). The molecule has 2 heterocycles. The first-order chi connectivity index (χ1) is 12.5. The van der Waals surface area contributed by atoms with E-state index < -0.39 is 10.0 Å². The van der Waals surface area contributed by atoms with Crippen LogP contribution in [0.2, 0.25) is 5.02 Å². The molecule has 0 aliphatic carbocycles. The second-order valence-electron chi connectivity index (χ2n) is 6.18. The lowest BCUT2D eigenvalue weighted by molar-refractivity contribution is 0.171. The Morgan fingerprint density at radius 1 is 0.885 bits per heavy atom. The predicted octanol–water partition coefficient (Wildman–Crippen LogP) is 2.62. The fourth-order valence-electron chi connectivity index (χ4n) is 3.19. The van der Waals surface area contributed by atoms with Gasteiger partial charge >= 0.3 is 0 Å². The van der Waals surface area contributed by atoms with E-state index in [9.17, 15) is 8.42 Å². The molecule has 0 saturated carbocycles. The molecule has 138 valence electrons. The summed E-state index contributed by atoms with van der Waals surface area (Å²) in [7, 11) is -3.53. The minimum Gasteiger partial charge on any atom is -0.486 e. The third-order valence-electron chi connectivity index (χ3n) is 4.56. The SMILES string of the molecule is O=S(=O)(c1cccc(Cl)c1)N1CCN(c2ccc3c(c2)OCCO3)CC1. The molecule has 6 nitrogen and oxygen atoms in total. The molecule has 2 aliphatic heterocycles. The molecular formula is C18H19ClN2O4S. The molecule has 0 amide bonds. The third kappa shape index (κ3) is 3.34. The van der Waals surface area contributed by atoms with Crippen LogP contribution in [-0.2, 0) is 10.0 Å². The van der Waals surface area contributed by atoms with Crippen LogP contribution in [0.25, 0.3) is 0 Å². The van der Waals surface area contributed by atoms with Gasteiger partial charge in [-0.25, -0.2) is 8.42 Å². The van der Waals surface area contributed by atoms with Crippen LogP contribution in [0, 0.1) is 0 Å². The Bertz CT molecular complexity index is 911. The van der Waals surface area contributed by atoms with E-state index in [0.29, 0.717) is 44.4 Å². The van der Waals surface area contributed by atoms with E-state index in [2.05, 4.69) is 4.90 Å². The number of fused-ring (bicyclic) bond motifs is 1. The lowest BCUT2D eigenvalue weighted by atomic mass is 10.2. The van der Waals surface area contributed by atoms with E-state index in [4.69, 9.17) is 21.1 Å². The van der Waals surface area contributed by atoms with Crippen molar-refractivity contribution in [1.82, 2.24) is 4.31 Å². The fraction of sp³-hybridized carbons (Fsp3) is 0.333. The number of halogens is 1. The van der Waals surface area contributed by atoms with Crippen LogP contribution < -0.4 is 14.4 Å². The summed E-state index contributed by atoms with van der Waals surface area (Å²) in [5.74, 6) is 1.49. The number of sulfonamides is 1. The molecule has 2 aromatic rings. The summed E-state index contributed by atoms with van der Waals surface area (Å²) >= 11 is 5.94. The number of hydrogen-bond acceptors (Lipinski definition) is 5. The summed E-state index contributed by atoms with van der Waals surface area (Å²) in [6.45, 7) is 3.17. The van der Waals surface area contributed by atoms with Crippen molar-refractivity contribution >= 4 is 27.3 Å². The number of hydrogen-bond donors (Lipinski definition) is 0. The molecule has 0 atom stereocenters. The summed E-state index contributed by atoms with van der Waals surface area (Å²) in [6, 6.07) is 12.2. The van der Waals surface area contributed by atoms with Gasteiger partial charge in [-0.2, -0.15) is 4.31 Å². The first-order valence-electron chi connectivity index (χ1n) is 8.44. The second kappa shape index (κ2) is 6.98. The molecule has 0 unspecified atom stereocenters. The molecule has 8 heteroatoms. The summed E-state index contributed by atoms with van der Waals surface area (Å²) in [6.07, 6.45) is 0. The van der Waals surface area contributed by atoms with Crippen molar-refractivity contribution in [3.05, 3.63) is 47.5 Å². The molecule has 0 spiro atoms. The van der Waals surface area contributed by atoms with Crippen molar-refractivity contribution in [1.29, 1.82) is 0 Å². The van der Waals surface area contributed by atoms with E-state index in [-0.39, 0.29) is 4.90 Å². The molecule has 0 radical (unpaired) electrons. The number of nitrogens with zero attached hydrogens (tertiary/aromatic N) is 2. The normalized spacial score (nSPS) is 18.0. The van der Waals surface area contributed by atoms with Crippen molar-refractivity contribution in [3.63, 3.8) is 0 Å². The maximum atomic E-state index is 12.8. The zero-order valence-electron chi connectivity index (χ0n) is 14.1. The van der Waals surface area contributed by atoms with E-state index in [1.54, 1.807) is 18.2 Å². The van der Waals surface area contributed by atoms with Crippen LogP contribution in [0.15, 0.2) is 47.4 Å². The minimum atomic E-state index is -3.53. The first-order valence-corrected chi connectivity index (χ1v) is 10.3. The van der Waals surface area contributed by atoms with Gasteiger partial charge in [0.05, 0.1) is 4.90 Å². The number of rotatable bonds is 3. The van der Waals surface area contributed by atoms with Crippen molar-refractivity contribution in [2.75, 3.05) is 44.3 Å². The van der Waals surface area contributed by atoms with Gasteiger partial charge in [-0.15, -0.1) is 0 Å². The largest absolute Gasteiger partial charge is 0.486 e. The van der Waals surface area contributed by atoms with Crippen LogP contribution in [-0.4, -0.2) is 52.1 Å². The highest BCUT2D eigenvalue weighted by atomic mass is 35.5. The first kappa shape index (κ1) is 17.5. The standard InChI is InChI=1S/C18H19ClN2O4S/c19-14-2-1-3-16(12-14)26(22,23)21-8-6-20(7-9-21)15-4-5-17-18(13-15)25-11-10-24-17/h1-5,12-13H,6-11H2. The van der Waals surface area contributed by atoms with Crippen LogP contribution in [0.4, 0.5) is 5.69 Å². The number of piperazine rings is 1. The van der Waals surface area contributed by atoms with Gasteiger partial charge in [-0.3, -0.25) is 0 Å². The summed E-state index contributed by atoms with van der Waals surface area (Å²) in [5.41, 5.74) is 1.01. The maximum Gasteiger partial charge on any atom is 0.243 e. The second-order valence-corrected chi connectivity index (χ2v) is 8.55. The van der Waals surface area contributed by atoms with Crippen LogP contribution >= 0.6 is 11.6 Å². The molecule has 1 fully saturated rings. The molecular weight excluding hydrogens is 376 g/mol. The Kier molecular flexibility index (Phi) is 4.69. The molecule has 26 heavy (non-hydrogen) atoms. The fourth-order valence-corrected chi connectivity index (χ4v) is 4.92. The molecule has 2 aromatic carbocycles. The van der Waals surface area contributed by atoms with Gasteiger partial charge in [0.15, 0.2) is 11.5 Å². The van der Waals surface area contributed by atoms with Crippen molar-refractivity contribution < 1.29 is 17.9 Å². The molecule has 2 aliphatic rings. The van der Waals surface area contributed by atoms with E-state index in [0.717, 1.165) is 17.2 Å². The zero-order chi connectivity index (χ0) is 18.1. The molecule has 0 bridgehead atoms.